The van der Waals surface area contributed by atoms with Crippen molar-refractivity contribution in [1.29, 1.82) is 0 Å². The Morgan fingerprint density at radius 2 is 2.08 bits per heavy atom. The van der Waals surface area contributed by atoms with Gasteiger partial charge < -0.3 is 20.3 Å². The lowest BCUT2D eigenvalue weighted by Gasteiger charge is -2.27. The molecule has 0 aromatic rings. The molecule has 4 unspecified atom stereocenters. The van der Waals surface area contributed by atoms with E-state index in [1.165, 1.54) is 5.37 Å². The minimum atomic E-state index is -4.76. The third-order valence-electron chi connectivity index (χ3n) is 3.88. The van der Waals surface area contributed by atoms with Gasteiger partial charge in [0.15, 0.2) is 6.40 Å². The van der Waals surface area contributed by atoms with Crippen LogP contribution in [0, 0.1) is 11.8 Å². The fraction of sp³-hybridized carbons (Fsp3) is 0.733. The van der Waals surface area contributed by atoms with Crippen LogP contribution in [-0.4, -0.2) is 41.6 Å². The number of rotatable bonds is 8. The Hall–Kier alpha value is -0.900. The number of nitrogens with two attached hydrogens (primary N) is 1. The molecule has 144 valence electrons. The summed E-state index contributed by atoms with van der Waals surface area (Å²) in [5.74, 6) is -0.438. The molecule has 0 heterocycles. The lowest BCUT2D eigenvalue weighted by Crippen LogP contribution is -2.40. The van der Waals surface area contributed by atoms with E-state index in [0.29, 0.717) is 6.42 Å². The zero-order valence-electron chi connectivity index (χ0n) is 13.9. The third-order valence-corrected chi connectivity index (χ3v) is 4.52. The Kier molecular flexibility index (Phi) is 8.59. The Morgan fingerprint density at radius 3 is 2.56 bits per heavy atom. The molecule has 0 aromatic heterocycles. The standard InChI is InChI=1S/C15H22ClF3N2O3S/c1-8(2)13(20)14(22)23-7-21-11(6-25)9-3-4-12(10(16)5-9)24-15(17,18)19/h6-9,11,13-14,22H,3-5,20H2,1-2H3. The van der Waals surface area contributed by atoms with E-state index in [9.17, 15) is 18.3 Å². The molecule has 4 atom stereocenters. The molecular formula is C15H22ClF3N2O3S. The zero-order valence-corrected chi connectivity index (χ0v) is 15.4. The summed E-state index contributed by atoms with van der Waals surface area (Å²) < 4.78 is 45.8. The summed E-state index contributed by atoms with van der Waals surface area (Å²) in [6.45, 7) is 3.68. The van der Waals surface area contributed by atoms with Gasteiger partial charge in [-0.15, -0.1) is 13.2 Å². The summed E-state index contributed by atoms with van der Waals surface area (Å²) in [6.07, 6.45) is -4.32. The van der Waals surface area contributed by atoms with Crippen LogP contribution < -0.4 is 5.73 Å². The summed E-state index contributed by atoms with van der Waals surface area (Å²) in [5.41, 5.74) is 5.74. The van der Waals surface area contributed by atoms with E-state index in [1.54, 1.807) is 0 Å². The fourth-order valence-electron chi connectivity index (χ4n) is 2.29. The second-order valence-corrected chi connectivity index (χ2v) is 6.84. The van der Waals surface area contributed by atoms with Gasteiger partial charge in [0.25, 0.3) is 0 Å². The first-order valence-electron chi connectivity index (χ1n) is 7.74. The molecule has 0 saturated heterocycles. The van der Waals surface area contributed by atoms with Crippen LogP contribution in [0.1, 0.15) is 33.1 Å². The lowest BCUT2D eigenvalue weighted by molar-refractivity contribution is -0.307. The van der Waals surface area contributed by atoms with Gasteiger partial charge in [-0.2, -0.15) is 0 Å². The Balaban J connectivity index is 2.64. The molecule has 0 fully saturated rings. The minimum Gasteiger partial charge on any atom is -0.453 e. The molecular weight excluding hydrogens is 381 g/mol. The number of allylic oxidation sites excluding steroid dienone is 2. The number of halogens is 4. The van der Waals surface area contributed by atoms with Gasteiger partial charge in [0, 0.05) is 11.8 Å². The number of hydrogen-bond acceptors (Lipinski definition) is 6. The van der Waals surface area contributed by atoms with Crippen LogP contribution in [-0.2, 0) is 9.47 Å². The van der Waals surface area contributed by atoms with Crippen molar-refractivity contribution in [2.24, 2.45) is 22.6 Å². The maximum Gasteiger partial charge on any atom is 0.572 e. The van der Waals surface area contributed by atoms with Crippen molar-refractivity contribution in [3.05, 3.63) is 10.8 Å². The van der Waals surface area contributed by atoms with Crippen molar-refractivity contribution in [3.63, 3.8) is 0 Å². The van der Waals surface area contributed by atoms with E-state index in [-0.39, 0.29) is 35.5 Å². The van der Waals surface area contributed by atoms with Crippen LogP contribution in [0.5, 0.6) is 0 Å². The molecule has 0 aliphatic heterocycles. The molecule has 0 aromatic carbocycles. The molecule has 1 aliphatic rings. The molecule has 0 radical (unpaired) electrons. The molecule has 1 aliphatic carbocycles. The summed E-state index contributed by atoms with van der Waals surface area (Å²) in [5, 5.41) is 11.1. The van der Waals surface area contributed by atoms with Crippen LogP contribution in [0.15, 0.2) is 15.8 Å². The number of aliphatic hydroxyl groups is 1. The van der Waals surface area contributed by atoms with Crippen LogP contribution in [0.4, 0.5) is 13.2 Å². The number of hydrogen-bond donors (Lipinski definition) is 2. The van der Waals surface area contributed by atoms with E-state index < -0.39 is 24.7 Å². The zero-order chi connectivity index (χ0) is 19.2. The summed E-state index contributed by atoms with van der Waals surface area (Å²) >= 11 is 10.8. The highest BCUT2D eigenvalue weighted by atomic mass is 35.5. The molecule has 0 saturated carbocycles. The van der Waals surface area contributed by atoms with E-state index in [4.69, 9.17) is 34.3 Å². The summed E-state index contributed by atoms with van der Waals surface area (Å²) in [4.78, 5) is 4.11. The first kappa shape index (κ1) is 22.1. The number of thiocarbonyl (C=S) groups is 1. The summed E-state index contributed by atoms with van der Waals surface area (Å²) in [6, 6.07) is -1.06. The van der Waals surface area contributed by atoms with Gasteiger partial charge in [-0.05, 0) is 24.7 Å². The van der Waals surface area contributed by atoms with Gasteiger partial charge in [0.2, 0.25) is 6.29 Å². The van der Waals surface area contributed by atoms with Gasteiger partial charge in [0.05, 0.1) is 17.1 Å². The number of aliphatic imine (C=N–C) groups is 1. The average molecular weight is 403 g/mol. The smallest absolute Gasteiger partial charge is 0.453 e. The van der Waals surface area contributed by atoms with Crippen LogP contribution in [0.2, 0.25) is 0 Å². The number of alkyl halides is 3. The molecule has 0 bridgehead atoms. The Morgan fingerprint density at radius 1 is 1.44 bits per heavy atom. The van der Waals surface area contributed by atoms with Gasteiger partial charge in [-0.1, -0.05) is 37.7 Å². The Bertz CT molecular complexity index is 515. The molecule has 25 heavy (non-hydrogen) atoms. The van der Waals surface area contributed by atoms with E-state index in [2.05, 4.69) is 9.73 Å². The predicted octanol–water partition coefficient (Wildman–Crippen LogP) is 3.49. The van der Waals surface area contributed by atoms with Crippen LogP contribution in [0.25, 0.3) is 0 Å². The van der Waals surface area contributed by atoms with Crippen molar-refractivity contribution < 1.29 is 27.8 Å². The van der Waals surface area contributed by atoms with Gasteiger partial charge >= 0.3 is 6.36 Å². The number of nitrogens with zero attached hydrogens (tertiary/aromatic N) is 1. The average Bonchev–Trinajstić information content (AvgIpc) is 2.51. The topological polar surface area (TPSA) is 77.1 Å². The number of ether oxygens (including phenoxy) is 2. The fourth-order valence-corrected chi connectivity index (χ4v) is 2.92. The summed E-state index contributed by atoms with van der Waals surface area (Å²) in [7, 11) is 0. The Labute approximate surface area is 155 Å². The number of aliphatic hydroxyl groups excluding tert-OH is 1. The SMILES string of the molecule is CC(C)C(N)C(O)OC=NC(C=S)C1CCC(OC(F)(F)F)=C(Cl)C1. The minimum absolute atomic E-state index is 0.00779. The van der Waals surface area contributed by atoms with Gasteiger partial charge in [0.1, 0.15) is 5.76 Å². The van der Waals surface area contributed by atoms with Crippen LogP contribution in [0.3, 0.4) is 0 Å². The maximum absolute atomic E-state index is 12.3. The van der Waals surface area contributed by atoms with E-state index >= 15 is 0 Å². The van der Waals surface area contributed by atoms with E-state index in [0.717, 1.165) is 6.40 Å². The highest BCUT2D eigenvalue weighted by Crippen LogP contribution is 2.37. The van der Waals surface area contributed by atoms with Crippen molar-refractivity contribution >= 4 is 35.6 Å². The van der Waals surface area contributed by atoms with Gasteiger partial charge in [-0.3, -0.25) is 0 Å². The highest BCUT2D eigenvalue weighted by molar-refractivity contribution is 7.79. The largest absolute Gasteiger partial charge is 0.572 e. The first-order valence-corrected chi connectivity index (χ1v) is 8.59. The van der Waals surface area contributed by atoms with Crippen molar-refractivity contribution in [2.75, 3.05) is 0 Å². The highest BCUT2D eigenvalue weighted by Gasteiger charge is 2.35. The lowest BCUT2D eigenvalue weighted by atomic mass is 9.88. The predicted molar refractivity (Wildman–Crippen MR) is 93.2 cm³/mol. The molecule has 0 amide bonds. The molecule has 10 heteroatoms. The second kappa shape index (κ2) is 9.70. The molecule has 5 nitrogen and oxygen atoms in total. The van der Waals surface area contributed by atoms with Crippen LogP contribution >= 0.6 is 23.8 Å². The monoisotopic (exact) mass is 402 g/mol. The second-order valence-electron chi connectivity index (χ2n) is 6.11. The van der Waals surface area contributed by atoms with Crippen molar-refractivity contribution in [3.8, 4) is 0 Å². The molecule has 0 spiro atoms. The normalized spacial score (nSPS) is 22.8. The van der Waals surface area contributed by atoms with E-state index in [1.807, 2.05) is 13.8 Å². The van der Waals surface area contributed by atoms with Gasteiger partial charge in [-0.25, -0.2) is 4.99 Å². The first-order chi connectivity index (χ1) is 11.5. The maximum atomic E-state index is 12.3. The van der Waals surface area contributed by atoms with Crippen molar-refractivity contribution in [2.45, 2.75) is 57.8 Å². The molecule has 1 rings (SSSR count). The van der Waals surface area contributed by atoms with Crippen molar-refractivity contribution in [1.82, 2.24) is 0 Å². The quantitative estimate of drug-likeness (QED) is 0.281. The molecule has 3 N–H and O–H groups in total. The third kappa shape index (κ3) is 7.47.